The molecule has 2 saturated carbocycles. The van der Waals surface area contributed by atoms with E-state index in [1.54, 1.807) is 6.07 Å². The lowest BCUT2D eigenvalue weighted by Crippen LogP contribution is -2.49. The van der Waals surface area contributed by atoms with Gasteiger partial charge in [-0.25, -0.2) is 0 Å². The lowest BCUT2D eigenvalue weighted by Gasteiger charge is -2.39. The zero-order valence-corrected chi connectivity index (χ0v) is 21.8. The van der Waals surface area contributed by atoms with Gasteiger partial charge in [0.1, 0.15) is 35.6 Å². The van der Waals surface area contributed by atoms with Gasteiger partial charge >= 0.3 is 0 Å². The van der Waals surface area contributed by atoms with E-state index in [9.17, 15) is 15.0 Å². The number of nitrogens with one attached hydrogen (secondary N) is 1. The highest BCUT2D eigenvalue weighted by Crippen LogP contribution is 2.45. The van der Waals surface area contributed by atoms with Gasteiger partial charge in [0.2, 0.25) is 0 Å². The number of aliphatic hydroxyl groups is 1. The van der Waals surface area contributed by atoms with Crippen LogP contribution >= 0.6 is 11.6 Å². The molecule has 2 aliphatic heterocycles. The lowest BCUT2D eigenvalue weighted by molar-refractivity contribution is -0.00200. The summed E-state index contributed by atoms with van der Waals surface area (Å²) in [7, 11) is 0. The van der Waals surface area contributed by atoms with E-state index in [1.807, 2.05) is 18.2 Å². The Kier molecular flexibility index (Phi) is 6.72. The van der Waals surface area contributed by atoms with Crippen molar-refractivity contribution in [3.8, 4) is 17.2 Å². The Balaban J connectivity index is 1.00. The van der Waals surface area contributed by atoms with Gasteiger partial charge in [0.25, 0.3) is 5.91 Å². The number of β-amino-alcohol motifs (C(OH)–C–C–N with tert-alkyl or cyclic N) is 1. The molecule has 2 aromatic carbocycles. The van der Waals surface area contributed by atoms with Crippen molar-refractivity contribution in [3.05, 3.63) is 52.5 Å². The predicted molar refractivity (Wildman–Crippen MR) is 140 cm³/mol. The maximum absolute atomic E-state index is 13.0. The third-order valence-corrected chi connectivity index (χ3v) is 9.03. The standard InChI is InChI=1S/C29H35ClN2O5/c30-21-3-6-26-20(13-21)15-29(37-26)7-9-32(10-8-29)16-23(34)17-36-27-14-22(33)4-5-24(27)28(35)31-25-12-18-1-2-19(25)11-18/h3-6,13-14,18-19,23,25,33-34H,1-2,7-12,15-17H2,(H,31,35)/t18-,19+,23-,25?/m0/s1. The van der Waals surface area contributed by atoms with Gasteiger partial charge in [-0.1, -0.05) is 18.0 Å². The van der Waals surface area contributed by atoms with Crippen LogP contribution in [0.1, 0.15) is 54.4 Å². The van der Waals surface area contributed by atoms with E-state index in [1.165, 1.54) is 37.0 Å². The Morgan fingerprint density at radius 1 is 1.19 bits per heavy atom. The summed E-state index contributed by atoms with van der Waals surface area (Å²) in [6, 6.07) is 10.6. The Hall–Kier alpha value is -2.48. The summed E-state index contributed by atoms with van der Waals surface area (Å²) in [5, 5.41) is 24.6. The van der Waals surface area contributed by atoms with Crippen molar-refractivity contribution in [2.75, 3.05) is 26.2 Å². The summed E-state index contributed by atoms with van der Waals surface area (Å²) in [5.74, 6) is 2.39. The third kappa shape index (κ3) is 5.27. The molecule has 1 spiro atoms. The van der Waals surface area contributed by atoms with E-state index in [4.69, 9.17) is 21.1 Å². The van der Waals surface area contributed by atoms with Crippen LogP contribution < -0.4 is 14.8 Å². The van der Waals surface area contributed by atoms with Gasteiger partial charge in [-0.2, -0.15) is 0 Å². The third-order valence-electron chi connectivity index (χ3n) is 8.79. The number of fused-ring (bicyclic) bond motifs is 3. The fourth-order valence-electron chi connectivity index (χ4n) is 6.85. The number of benzene rings is 2. The Morgan fingerprint density at radius 2 is 2.03 bits per heavy atom. The van der Waals surface area contributed by atoms with E-state index >= 15 is 0 Å². The predicted octanol–water partition coefficient (Wildman–Crippen LogP) is 4.17. The number of hydrogen-bond acceptors (Lipinski definition) is 6. The molecule has 0 aromatic heterocycles. The number of amides is 1. The van der Waals surface area contributed by atoms with Crippen LogP contribution in [0.25, 0.3) is 0 Å². The number of aromatic hydroxyl groups is 1. The largest absolute Gasteiger partial charge is 0.508 e. The van der Waals surface area contributed by atoms with Crippen LogP contribution in [0.4, 0.5) is 0 Å². The van der Waals surface area contributed by atoms with Crippen LogP contribution in [-0.2, 0) is 6.42 Å². The summed E-state index contributed by atoms with van der Waals surface area (Å²) >= 11 is 6.15. The molecule has 198 valence electrons. The first kappa shape index (κ1) is 24.8. The lowest BCUT2D eigenvalue weighted by atomic mass is 9.87. The van der Waals surface area contributed by atoms with Gasteiger partial charge in [0.15, 0.2) is 0 Å². The quantitative estimate of drug-likeness (QED) is 0.501. The molecular formula is C29H35ClN2O5. The van der Waals surface area contributed by atoms with E-state index in [0.29, 0.717) is 23.8 Å². The summed E-state index contributed by atoms with van der Waals surface area (Å²) in [5.41, 5.74) is 1.37. The molecule has 4 aliphatic rings. The van der Waals surface area contributed by atoms with E-state index in [2.05, 4.69) is 10.2 Å². The number of halogens is 1. The molecule has 6 rings (SSSR count). The summed E-state index contributed by atoms with van der Waals surface area (Å²) < 4.78 is 12.2. The Morgan fingerprint density at radius 3 is 2.78 bits per heavy atom. The molecule has 1 amide bonds. The number of phenols is 1. The average molecular weight is 527 g/mol. The zero-order valence-electron chi connectivity index (χ0n) is 21.0. The monoisotopic (exact) mass is 526 g/mol. The molecule has 2 aromatic rings. The second-order valence-electron chi connectivity index (χ2n) is 11.4. The minimum atomic E-state index is -0.724. The Labute approximate surface area is 222 Å². The maximum Gasteiger partial charge on any atom is 0.255 e. The van der Waals surface area contributed by atoms with Crippen molar-refractivity contribution in [3.63, 3.8) is 0 Å². The number of carbonyl (C=O) groups excluding carboxylic acids is 1. The highest BCUT2D eigenvalue weighted by atomic mass is 35.5. The van der Waals surface area contributed by atoms with E-state index in [-0.39, 0.29) is 29.9 Å². The molecule has 37 heavy (non-hydrogen) atoms. The average Bonchev–Trinajstić information content (AvgIpc) is 3.58. The van der Waals surface area contributed by atoms with Crippen LogP contribution in [0.15, 0.2) is 36.4 Å². The van der Waals surface area contributed by atoms with E-state index in [0.717, 1.165) is 55.5 Å². The summed E-state index contributed by atoms with van der Waals surface area (Å²) in [6.45, 7) is 2.16. The van der Waals surface area contributed by atoms with E-state index < -0.39 is 6.10 Å². The van der Waals surface area contributed by atoms with Crippen molar-refractivity contribution >= 4 is 17.5 Å². The second kappa shape index (κ2) is 10.0. The zero-order chi connectivity index (χ0) is 25.6. The molecule has 0 radical (unpaired) electrons. The van der Waals surface area contributed by atoms with Crippen LogP contribution in [-0.4, -0.2) is 65.0 Å². The van der Waals surface area contributed by atoms with Gasteiger partial charge in [0, 0.05) is 56.0 Å². The normalized spacial score (nSPS) is 26.6. The number of phenolic OH excluding ortho intramolecular Hbond substituents is 1. The van der Waals surface area contributed by atoms with Gasteiger partial charge in [-0.05, 0) is 67.0 Å². The molecule has 8 heteroatoms. The fraction of sp³-hybridized carbons (Fsp3) is 0.552. The van der Waals surface area contributed by atoms with Crippen molar-refractivity contribution < 1.29 is 24.5 Å². The van der Waals surface area contributed by atoms with Crippen molar-refractivity contribution in [2.45, 2.75) is 62.7 Å². The molecule has 2 aliphatic carbocycles. The van der Waals surface area contributed by atoms with Gasteiger partial charge in [-0.3, -0.25) is 4.79 Å². The number of aliphatic hydroxyl groups excluding tert-OH is 1. The van der Waals surface area contributed by atoms with Crippen LogP contribution in [0, 0.1) is 11.8 Å². The minimum absolute atomic E-state index is 0.0288. The molecule has 1 unspecified atom stereocenters. The summed E-state index contributed by atoms with van der Waals surface area (Å²) in [4.78, 5) is 15.3. The van der Waals surface area contributed by atoms with Crippen LogP contribution in [0.2, 0.25) is 5.02 Å². The van der Waals surface area contributed by atoms with Crippen LogP contribution in [0.5, 0.6) is 17.2 Å². The number of ether oxygens (including phenoxy) is 2. The molecule has 3 N–H and O–H groups in total. The topological polar surface area (TPSA) is 91.3 Å². The van der Waals surface area contributed by atoms with Crippen molar-refractivity contribution in [2.24, 2.45) is 11.8 Å². The molecular weight excluding hydrogens is 492 g/mol. The Bertz CT molecular complexity index is 1160. The molecule has 2 bridgehead atoms. The minimum Gasteiger partial charge on any atom is -0.508 e. The highest BCUT2D eigenvalue weighted by Gasteiger charge is 2.42. The molecule has 1 saturated heterocycles. The van der Waals surface area contributed by atoms with Crippen molar-refractivity contribution in [1.82, 2.24) is 10.2 Å². The maximum atomic E-state index is 13.0. The molecule has 4 atom stereocenters. The first-order chi connectivity index (χ1) is 17.9. The SMILES string of the molecule is O=C(NC1C[C@H]2CC[C@@H]1C2)c1ccc(O)cc1OC[C@@H](O)CN1CCC2(CC1)Cc1cc(Cl)ccc1O2. The fourth-order valence-corrected chi connectivity index (χ4v) is 7.04. The van der Waals surface area contributed by atoms with Gasteiger partial charge in [-0.15, -0.1) is 0 Å². The first-order valence-electron chi connectivity index (χ1n) is 13.5. The van der Waals surface area contributed by atoms with Gasteiger partial charge in [0.05, 0.1) is 5.56 Å². The smallest absolute Gasteiger partial charge is 0.255 e. The molecule has 2 heterocycles. The van der Waals surface area contributed by atoms with Crippen molar-refractivity contribution in [1.29, 1.82) is 0 Å². The number of nitrogens with zero attached hydrogens (tertiary/aromatic N) is 1. The number of hydrogen-bond donors (Lipinski definition) is 3. The van der Waals surface area contributed by atoms with Gasteiger partial charge < -0.3 is 29.9 Å². The number of carbonyl (C=O) groups is 1. The molecule has 3 fully saturated rings. The summed E-state index contributed by atoms with van der Waals surface area (Å²) in [6.07, 6.45) is 6.62. The number of likely N-dealkylation sites (tertiary alicyclic amines) is 1. The first-order valence-corrected chi connectivity index (χ1v) is 13.9. The molecule has 7 nitrogen and oxygen atoms in total. The number of piperidine rings is 1. The highest BCUT2D eigenvalue weighted by molar-refractivity contribution is 6.30. The number of rotatable bonds is 7. The van der Waals surface area contributed by atoms with Crippen LogP contribution in [0.3, 0.4) is 0 Å². The second-order valence-corrected chi connectivity index (χ2v) is 11.9.